The van der Waals surface area contributed by atoms with Crippen molar-refractivity contribution in [3.05, 3.63) is 23.8 Å². The zero-order chi connectivity index (χ0) is 15.5. The fourth-order valence-corrected chi connectivity index (χ4v) is 4.37. The molecule has 1 aliphatic heterocycles. The second-order valence-corrected chi connectivity index (χ2v) is 8.71. The number of rotatable bonds is 6. The van der Waals surface area contributed by atoms with Gasteiger partial charge >= 0.3 is 0 Å². The van der Waals surface area contributed by atoms with Crippen LogP contribution in [-0.4, -0.2) is 37.2 Å². The number of nitrogens with one attached hydrogen (secondary N) is 2. The molecule has 0 aliphatic carbocycles. The highest BCUT2D eigenvalue weighted by Crippen LogP contribution is 2.25. The van der Waals surface area contributed by atoms with Gasteiger partial charge < -0.3 is 5.32 Å². The van der Waals surface area contributed by atoms with Crippen LogP contribution in [0.3, 0.4) is 0 Å². The molecule has 7 heteroatoms. The van der Waals surface area contributed by atoms with Gasteiger partial charge in [0, 0.05) is 41.1 Å². The molecule has 2 unspecified atom stereocenters. The molecule has 5 nitrogen and oxygen atoms in total. The highest BCUT2D eigenvalue weighted by Gasteiger charge is 2.19. The Morgan fingerprint density at radius 1 is 1.43 bits per heavy atom. The highest BCUT2D eigenvalue weighted by molar-refractivity contribution is 7.89. The predicted molar refractivity (Wildman–Crippen MR) is 86.6 cm³/mol. The summed E-state index contributed by atoms with van der Waals surface area (Å²) in [6.07, 6.45) is 4.10. The first-order valence-electron chi connectivity index (χ1n) is 7.07. The van der Waals surface area contributed by atoms with Crippen LogP contribution < -0.4 is 10.0 Å². The topological polar surface area (TPSA) is 75.3 Å². The van der Waals surface area contributed by atoms with Gasteiger partial charge in [-0.25, -0.2) is 13.1 Å². The number of aryl methyl sites for hydroxylation is 1. The van der Waals surface area contributed by atoms with Crippen molar-refractivity contribution in [1.82, 2.24) is 4.72 Å². The molecule has 0 amide bonds. The Morgan fingerprint density at radius 2 is 2.19 bits per heavy atom. The van der Waals surface area contributed by atoms with Crippen molar-refractivity contribution in [2.45, 2.75) is 37.1 Å². The fourth-order valence-electron chi connectivity index (χ4n) is 2.35. The van der Waals surface area contributed by atoms with E-state index in [1.54, 1.807) is 25.3 Å². The van der Waals surface area contributed by atoms with Crippen LogP contribution >= 0.6 is 0 Å². The Balaban J connectivity index is 2.10. The standard InChI is InChI=1S/C14H22N2O3S2/c1-11(7-9-20(2)17)16-21(18,19)13-5-6-14-12(10-13)4-3-8-15-14/h5-6,10-11,15-16H,3-4,7-9H2,1-2H3. The summed E-state index contributed by atoms with van der Waals surface area (Å²) in [4.78, 5) is 0.300. The minimum absolute atomic E-state index is 0.229. The van der Waals surface area contributed by atoms with Crippen molar-refractivity contribution >= 4 is 26.5 Å². The maximum Gasteiger partial charge on any atom is 0.240 e. The third kappa shape index (κ3) is 4.52. The molecule has 0 aromatic heterocycles. The van der Waals surface area contributed by atoms with Crippen molar-refractivity contribution in [1.29, 1.82) is 0 Å². The smallest absolute Gasteiger partial charge is 0.240 e. The summed E-state index contributed by atoms with van der Waals surface area (Å²) in [5.41, 5.74) is 2.07. The highest BCUT2D eigenvalue weighted by atomic mass is 32.2. The Labute approximate surface area is 129 Å². The van der Waals surface area contributed by atoms with E-state index in [2.05, 4.69) is 10.0 Å². The monoisotopic (exact) mass is 330 g/mol. The number of fused-ring (bicyclic) bond motifs is 1. The Morgan fingerprint density at radius 3 is 2.90 bits per heavy atom. The molecule has 0 fully saturated rings. The molecule has 1 aliphatic rings. The summed E-state index contributed by atoms with van der Waals surface area (Å²) in [7, 11) is -4.42. The summed E-state index contributed by atoms with van der Waals surface area (Å²) in [6.45, 7) is 2.73. The van der Waals surface area contributed by atoms with Gasteiger partial charge in [-0.15, -0.1) is 0 Å². The molecule has 0 bridgehead atoms. The predicted octanol–water partition coefficient (Wildman–Crippen LogP) is 1.48. The first-order valence-corrected chi connectivity index (χ1v) is 10.3. The Kier molecular flexibility index (Phi) is 5.40. The van der Waals surface area contributed by atoms with Gasteiger partial charge in [0.1, 0.15) is 0 Å². The van der Waals surface area contributed by atoms with Crippen LogP contribution in [0.25, 0.3) is 0 Å². The number of benzene rings is 1. The number of anilines is 1. The molecule has 2 rings (SSSR count). The van der Waals surface area contributed by atoms with Crippen molar-refractivity contribution < 1.29 is 12.6 Å². The molecule has 0 spiro atoms. The lowest BCUT2D eigenvalue weighted by molar-refractivity contribution is 0.555. The number of sulfonamides is 1. The SMILES string of the molecule is CC(CCS(C)=O)NS(=O)(=O)c1ccc2c(c1)CCCN2. The second kappa shape index (κ2) is 6.89. The summed E-state index contributed by atoms with van der Waals surface area (Å²) in [5.74, 6) is 0.498. The summed E-state index contributed by atoms with van der Waals surface area (Å²) in [5, 5.41) is 3.27. The van der Waals surface area contributed by atoms with Gasteiger partial charge in [0.2, 0.25) is 10.0 Å². The van der Waals surface area contributed by atoms with Gasteiger partial charge in [-0.1, -0.05) is 0 Å². The van der Waals surface area contributed by atoms with E-state index in [0.717, 1.165) is 30.6 Å². The molecule has 0 saturated carbocycles. The number of hydrogen-bond acceptors (Lipinski definition) is 4. The molecule has 1 heterocycles. The van der Waals surface area contributed by atoms with Gasteiger partial charge in [0.15, 0.2) is 0 Å². The number of hydrogen-bond donors (Lipinski definition) is 2. The minimum atomic E-state index is -3.52. The zero-order valence-electron chi connectivity index (χ0n) is 12.4. The lowest BCUT2D eigenvalue weighted by Crippen LogP contribution is -2.33. The van der Waals surface area contributed by atoms with E-state index < -0.39 is 20.8 Å². The largest absolute Gasteiger partial charge is 0.385 e. The molecule has 21 heavy (non-hydrogen) atoms. The molecular formula is C14H22N2O3S2. The first-order chi connectivity index (χ1) is 9.88. The van der Waals surface area contributed by atoms with Gasteiger partial charge in [-0.3, -0.25) is 4.21 Å². The van der Waals surface area contributed by atoms with E-state index in [1.165, 1.54) is 0 Å². The van der Waals surface area contributed by atoms with E-state index in [-0.39, 0.29) is 6.04 Å². The van der Waals surface area contributed by atoms with Gasteiger partial charge in [-0.2, -0.15) is 0 Å². The van der Waals surface area contributed by atoms with Crippen molar-refractivity contribution in [2.75, 3.05) is 23.9 Å². The second-order valence-electron chi connectivity index (χ2n) is 5.44. The van der Waals surface area contributed by atoms with Crippen LogP contribution in [0.5, 0.6) is 0 Å². The van der Waals surface area contributed by atoms with E-state index in [0.29, 0.717) is 17.1 Å². The van der Waals surface area contributed by atoms with Crippen molar-refractivity contribution in [2.24, 2.45) is 0 Å². The van der Waals surface area contributed by atoms with Crippen LogP contribution in [0.4, 0.5) is 5.69 Å². The Bertz CT molecular complexity index is 629. The molecule has 0 saturated heterocycles. The maximum atomic E-state index is 12.4. The lowest BCUT2D eigenvalue weighted by Gasteiger charge is -2.19. The lowest BCUT2D eigenvalue weighted by atomic mass is 10.0. The summed E-state index contributed by atoms with van der Waals surface area (Å²) >= 11 is 0. The van der Waals surface area contributed by atoms with E-state index in [1.807, 2.05) is 6.07 Å². The normalized spacial score (nSPS) is 17.6. The molecular weight excluding hydrogens is 308 g/mol. The third-order valence-corrected chi connectivity index (χ3v) is 5.92. The minimum Gasteiger partial charge on any atom is -0.385 e. The van der Waals surface area contributed by atoms with Crippen molar-refractivity contribution in [3.63, 3.8) is 0 Å². The van der Waals surface area contributed by atoms with E-state index in [9.17, 15) is 12.6 Å². The zero-order valence-corrected chi connectivity index (χ0v) is 14.0. The van der Waals surface area contributed by atoms with Gasteiger partial charge in [-0.05, 0) is 49.9 Å². The molecule has 2 N–H and O–H groups in total. The van der Waals surface area contributed by atoms with E-state index in [4.69, 9.17) is 0 Å². The summed E-state index contributed by atoms with van der Waals surface area (Å²) < 4.78 is 38.5. The summed E-state index contributed by atoms with van der Waals surface area (Å²) in [6, 6.07) is 4.97. The van der Waals surface area contributed by atoms with Crippen LogP contribution in [0.15, 0.2) is 23.1 Å². The molecule has 1 aromatic rings. The van der Waals surface area contributed by atoms with Crippen LogP contribution in [0.2, 0.25) is 0 Å². The molecule has 2 atom stereocenters. The Hall–Kier alpha value is -0.920. The van der Waals surface area contributed by atoms with Crippen LogP contribution in [0, 0.1) is 0 Å². The van der Waals surface area contributed by atoms with Crippen LogP contribution in [-0.2, 0) is 27.2 Å². The first kappa shape index (κ1) is 16.5. The quantitative estimate of drug-likeness (QED) is 0.828. The van der Waals surface area contributed by atoms with Gasteiger partial charge in [0.05, 0.1) is 4.90 Å². The average Bonchev–Trinajstić information content (AvgIpc) is 2.44. The van der Waals surface area contributed by atoms with Crippen LogP contribution in [0.1, 0.15) is 25.3 Å². The average molecular weight is 330 g/mol. The molecule has 118 valence electrons. The van der Waals surface area contributed by atoms with Crippen molar-refractivity contribution in [3.8, 4) is 0 Å². The van der Waals surface area contributed by atoms with Gasteiger partial charge in [0.25, 0.3) is 0 Å². The maximum absolute atomic E-state index is 12.4. The molecule has 0 radical (unpaired) electrons. The third-order valence-electron chi connectivity index (χ3n) is 3.52. The van der Waals surface area contributed by atoms with E-state index >= 15 is 0 Å². The fraction of sp³-hybridized carbons (Fsp3) is 0.571. The molecule has 1 aromatic carbocycles.